The summed E-state index contributed by atoms with van der Waals surface area (Å²) in [5.74, 6) is -0.578. The van der Waals surface area contributed by atoms with E-state index in [9.17, 15) is 9.18 Å². The number of halogens is 1. The molecule has 2 aliphatic rings. The van der Waals surface area contributed by atoms with E-state index >= 15 is 0 Å². The summed E-state index contributed by atoms with van der Waals surface area (Å²) >= 11 is 1.54. The highest BCUT2D eigenvalue weighted by Gasteiger charge is 2.60. The number of hydrogen-bond acceptors (Lipinski definition) is 7. The van der Waals surface area contributed by atoms with Crippen LogP contribution in [-0.4, -0.2) is 36.5 Å². The van der Waals surface area contributed by atoms with E-state index < -0.39 is 29.1 Å². The molecule has 7 rings (SSSR count). The number of fused-ring (bicyclic) bond motifs is 2. The van der Waals surface area contributed by atoms with Crippen molar-refractivity contribution in [3.8, 4) is 0 Å². The lowest BCUT2D eigenvalue weighted by Gasteiger charge is -2.50. The second kappa shape index (κ2) is 16.2. The predicted molar refractivity (Wildman–Crippen MR) is 191 cm³/mol. The average molecular weight is 691 g/mol. The first kappa shape index (κ1) is 34.3. The van der Waals surface area contributed by atoms with E-state index in [-0.39, 0.29) is 24.0 Å². The van der Waals surface area contributed by atoms with Crippen LogP contribution in [0.3, 0.4) is 0 Å². The van der Waals surface area contributed by atoms with Crippen LogP contribution >= 0.6 is 11.8 Å². The molecule has 6 nitrogen and oxygen atoms in total. The maximum Gasteiger partial charge on any atom is 0.169 e. The summed E-state index contributed by atoms with van der Waals surface area (Å²) in [7, 11) is 0. The van der Waals surface area contributed by atoms with Gasteiger partial charge in [0.25, 0.3) is 0 Å². The fourth-order valence-corrected chi connectivity index (χ4v) is 8.36. The molecule has 2 heterocycles. The Kier molecular flexibility index (Phi) is 11.1. The van der Waals surface area contributed by atoms with E-state index in [0.29, 0.717) is 43.8 Å². The Hall–Kier alpha value is -4.15. The molecule has 50 heavy (non-hydrogen) atoms. The Balaban J connectivity index is 1.30. The first-order valence-electron chi connectivity index (χ1n) is 16.8. The maximum atomic E-state index is 15.0. The summed E-state index contributed by atoms with van der Waals surface area (Å²) < 4.78 is 48.8. The number of hydrogen-bond donors (Lipinski definition) is 0. The normalized spacial score (nSPS) is 22.7. The van der Waals surface area contributed by atoms with Gasteiger partial charge >= 0.3 is 0 Å². The van der Waals surface area contributed by atoms with Crippen molar-refractivity contribution in [1.29, 1.82) is 0 Å². The van der Waals surface area contributed by atoms with Gasteiger partial charge in [-0.25, -0.2) is 4.39 Å². The number of rotatable bonds is 14. The zero-order chi connectivity index (χ0) is 34.2. The Morgan fingerprint density at radius 2 is 1.18 bits per heavy atom. The van der Waals surface area contributed by atoms with E-state index in [1.54, 1.807) is 17.8 Å². The number of carbonyl (C=O) groups excluding carboxylic acids is 1. The van der Waals surface area contributed by atoms with E-state index in [1.165, 1.54) is 6.07 Å². The fourth-order valence-electron chi connectivity index (χ4n) is 6.60. The molecule has 256 valence electrons. The molecule has 0 radical (unpaired) electrons. The summed E-state index contributed by atoms with van der Waals surface area (Å²) in [6.07, 6.45) is -1.31. The number of ether oxygens (including phenoxy) is 5. The lowest BCUT2D eigenvalue weighted by Crippen LogP contribution is -2.61. The van der Waals surface area contributed by atoms with Gasteiger partial charge in [0.05, 0.1) is 50.5 Å². The zero-order valence-corrected chi connectivity index (χ0v) is 28.4. The van der Waals surface area contributed by atoms with Crippen LogP contribution in [-0.2, 0) is 61.7 Å². The molecule has 0 N–H and O–H groups in total. The van der Waals surface area contributed by atoms with Gasteiger partial charge in [0, 0.05) is 5.56 Å². The van der Waals surface area contributed by atoms with E-state index in [0.717, 1.165) is 22.3 Å². The van der Waals surface area contributed by atoms with Crippen molar-refractivity contribution in [2.24, 2.45) is 0 Å². The molecule has 2 aliphatic heterocycles. The van der Waals surface area contributed by atoms with Crippen LogP contribution in [0.25, 0.3) is 0 Å². The first-order valence-corrected chi connectivity index (χ1v) is 17.7. The van der Waals surface area contributed by atoms with Crippen LogP contribution in [0.2, 0.25) is 0 Å². The van der Waals surface area contributed by atoms with Crippen molar-refractivity contribution in [2.45, 2.75) is 61.5 Å². The number of aldehydes is 1. The third-order valence-corrected chi connectivity index (χ3v) is 10.7. The van der Waals surface area contributed by atoms with Crippen molar-refractivity contribution in [3.05, 3.63) is 178 Å². The fraction of sp³-hybridized carbons (Fsp3) is 0.262. The highest BCUT2D eigenvalue weighted by molar-refractivity contribution is 8.00. The summed E-state index contributed by atoms with van der Waals surface area (Å²) in [4.78, 5) is 10.9. The van der Waals surface area contributed by atoms with Crippen LogP contribution in [0.1, 0.15) is 43.7 Å². The van der Waals surface area contributed by atoms with Gasteiger partial charge in [0.15, 0.2) is 11.2 Å². The van der Waals surface area contributed by atoms with Gasteiger partial charge in [-0.2, -0.15) is 0 Å². The van der Waals surface area contributed by atoms with Gasteiger partial charge < -0.3 is 23.7 Å². The van der Waals surface area contributed by atoms with Crippen LogP contribution in [0, 0.1) is 5.82 Å². The molecule has 0 unspecified atom stereocenters. The largest absolute Gasteiger partial charge is 0.376 e. The molecule has 0 bridgehead atoms. The summed E-state index contributed by atoms with van der Waals surface area (Å²) in [5, 5.41) is -0.296. The molecule has 1 saturated heterocycles. The molecule has 0 aromatic heterocycles. The Labute approximate surface area is 296 Å². The second-order valence-corrected chi connectivity index (χ2v) is 13.9. The monoisotopic (exact) mass is 690 g/mol. The molecule has 5 aromatic rings. The Morgan fingerprint density at radius 3 is 1.72 bits per heavy atom. The molecule has 0 amide bonds. The lowest BCUT2D eigenvalue weighted by atomic mass is 9.91. The summed E-state index contributed by atoms with van der Waals surface area (Å²) in [6, 6.07) is 43.0. The minimum absolute atomic E-state index is 0.0304. The Bertz CT molecular complexity index is 1830. The number of benzene rings is 5. The van der Waals surface area contributed by atoms with Crippen molar-refractivity contribution in [2.75, 3.05) is 6.61 Å². The highest BCUT2D eigenvalue weighted by atomic mass is 32.2. The standard InChI is InChI=1S/C42H39FO6S/c43-37-22-35-28-49-42(36(35)21-34(37)23-44)41(48-27-33-19-11-4-12-20-33)40(47-26-32-17-9-3-10-18-32)39(46-25-31-15-7-2-8-16-31)38(50-42)29-45-24-30-13-5-1-6-14-30/h1-23,38-41H,24-29H2/t38-,39-,40+,41-,42+/m1/s1. The summed E-state index contributed by atoms with van der Waals surface area (Å²) in [5.41, 5.74) is 5.40. The van der Waals surface area contributed by atoms with Gasteiger partial charge in [-0.3, -0.25) is 4.79 Å². The molecule has 1 spiro atoms. The molecule has 5 atom stereocenters. The van der Waals surface area contributed by atoms with E-state index in [1.807, 2.05) is 121 Å². The average Bonchev–Trinajstić information content (AvgIpc) is 3.50. The number of carbonyl (C=O) groups is 1. The molecular formula is C42H39FO6S. The topological polar surface area (TPSA) is 63.2 Å². The molecule has 5 aromatic carbocycles. The third-order valence-electron chi connectivity index (χ3n) is 9.09. The van der Waals surface area contributed by atoms with E-state index in [2.05, 4.69) is 0 Å². The third kappa shape index (κ3) is 7.76. The highest BCUT2D eigenvalue weighted by Crippen LogP contribution is 2.57. The van der Waals surface area contributed by atoms with E-state index in [4.69, 9.17) is 23.7 Å². The molecule has 0 aliphatic carbocycles. The van der Waals surface area contributed by atoms with Gasteiger partial charge in [-0.15, -0.1) is 11.8 Å². The van der Waals surface area contributed by atoms with Crippen LogP contribution in [0.15, 0.2) is 133 Å². The lowest BCUT2D eigenvalue weighted by molar-refractivity contribution is -0.207. The van der Waals surface area contributed by atoms with Gasteiger partial charge in [-0.05, 0) is 39.9 Å². The van der Waals surface area contributed by atoms with Crippen LogP contribution in [0.4, 0.5) is 4.39 Å². The van der Waals surface area contributed by atoms with Crippen molar-refractivity contribution < 1.29 is 32.9 Å². The first-order chi connectivity index (χ1) is 24.6. The van der Waals surface area contributed by atoms with Gasteiger partial charge in [0.2, 0.25) is 0 Å². The minimum Gasteiger partial charge on any atom is -0.376 e. The van der Waals surface area contributed by atoms with Crippen LogP contribution in [0.5, 0.6) is 0 Å². The maximum absolute atomic E-state index is 15.0. The van der Waals surface area contributed by atoms with Crippen molar-refractivity contribution >= 4 is 18.0 Å². The number of thioether (sulfide) groups is 1. The van der Waals surface area contributed by atoms with Gasteiger partial charge in [0.1, 0.15) is 24.1 Å². The SMILES string of the molecule is O=Cc1cc2c(cc1F)CO[C@]21S[C@H](COCc2ccccc2)[C@@H](OCc2ccccc2)[C@H](OCc2ccccc2)[C@H]1OCc1ccccc1. The molecule has 8 heteroatoms. The zero-order valence-electron chi connectivity index (χ0n) is 27.6. The molecule has 0 saturated carbocycles. The molecule has 1 fully saturated rings. The summed E-state index contributed by atoms with van der Waals surface area (Å²) in [6.45, 7) is 1.82. The predicted octanol–water partition coefficient (Wildman–Crippen LogP) is 8.41. The van der Waals surface area contributed by atoms with Crippen LogP contribution < -0.4 is 0 Å². The quantitative estimate of drug-likeness (QED) is 0.109. The smallest absolute Gasteiger partial charge is 0.169 e. The Morgan fingerprint density at radius 1 is 0.680 bits per heavy atom. The van der Waals surface area contributed by atoms with Crippen molar-refractivity contribution in [1.82, 2.24) is 0 Å². The van der Waals surface area contributed by atoms with Crippen molar-refractivity contribution in [3.63, 3.8) is 0 Å². The minimum atomic E-state index is -1.15. The van der Waals surface area contributed by atoms with Gasteiger partial charge in [-0.1, -0.05) is 121 Å². The second-order valence-electron chi connectivity index (χ2n) is 12.5. The molecular weight excluding hydrogens is 652 g/mol.